The zero-order valence-corrected chi connectivity index (χ0v) is 11.3. The molecule has 17 heavy (non-hydrogen) atoms. The maximum atomic E-state index is 12.3. The lowest BCUT2D eigenvalue weighted by Gasteiger charge is -2.31. The molecule has 2 nitrogen and oxygen atoms in total. The average Bonchev–Trinajstić information content (AvgIpc) is 2.32. The third-order valence-electron chi connectivity index (χ3n) is 3.13. The number of piperidine rings is 1. The minimum atomic E-state index is -0.0101. The quantitative estimate of drug-likeness (QED) is 0.760. The molecule has 1 aromatic carbocycles. The van der Waals surface area contributed by atoms with Gasteiger partial charge in [-0.2, -0.15) is 0 Å². The van der Waals surface area contributed by atoms with E-state index in [4.69, 9.17) is 23.2 Å². The highest BCUT2D eigenvalue weighted by Crippen LogP contribution is 2.27. The van der Waals surface area contributed by atoms with Crippen molar-refractivity contribution in [1.29, 1.82) is 0 Å². The van der Waals surface area contributed by atoms with Crippen LogP contribution < -0.4 is 0 Å². The number of carbonyl (C=O) groups is 1. The Bertz CT molecular complexity index is 433. The molecule has 1 aliphatic heterocycles. The number of amides is 1. The van der Waals surface area contributed by atoms with E-state index in [-0.39, 0.29) is 5.91 Å². The van der Waals surface area contributed by atoms with Gasteiger partial charge in [-0.15, -0.1) is 0 Å². The minimum Gasteiger partial charge on any atom is -0.338 e. The predicted molar refractivity (Wildman–Crippen MR) is 70.8 cm³/mol. The fourth-order valence-electron chi connectivity index (χ4n) is 2.21. The van der Waals surface area contributed by atoms with Crippen LogP contribution in [0.2, 0.25) is 10.0 Å². The summed E-state index contributed by atoms with van der Waals surface area (Å²) < 4.78 is 0. The summed E-state index contributed by atoms with van der Waals surface area (Å²) in [5.41, 5.74) is 0.508. The maximum absolute atomic E-state index is 12.3. The molecule has 1 aliphatic rings. The van der Waals surface area contributed by atoms with Gasteiger partial charge in [0.05, 0.1) is 15.6 Å². The molecule has 4 heteroatoms. The van der Waals surface area contributed by atoms with E-state index in [1.165, 1.54) is 6.42 Å². The first kappa shape index (κ1) is 12.7. The number of rotatable bonds is 1. The Morgan fingerprint density at radius 3 is 2.88 bits per heavy atom. The van der Waals surface area contributed by atoms with Gasteiger partial charge < -0.3 is 4.90 Å². The Balaban J connectivity index is 2.22. The Kier molecular flexibility index (Phi) is 3.95. The van der Waals surface area contributed by atoms with Crippen LogP contribution in [0, 0.1) is 5.92 Å². The first-order chi connectivity index (χ1) is 8.09. The molecular formula is C13H15Cl2NO. The minimum absolute atomic E-state index is 0.0101. The average molecular weight is 272 g/mol. The van der Waals surface area contributed by atoms with Crippen LogP contribution in [0.5, 0.6) is 0 Å². The zero-order chi connectivity index (χ0) is 12.4. The van der Waals surface area contributed by atoms with Gasteiger partial charge in [0.15, 0.2) is 0 Å². The van der Waals surface area contributed by atoms with E-state index in [9.17, 15) is 4.79 Å². The Morgan fingerprint density at radius 1 is 1.41 bits per heavy atom. The molecule has 1 saturated heterocycles. The summed E-state index contributed by atoms with van der Waals surface area (Å²) in [6.07, 6.45) is 2.25. The lowest BCUT2D eigenvalue weighted by molar-refractivity contribution is 0.0683. The van der Waals surface area contributed by atoms with E-state index >= 15 is 0 Å². The Labute approximate surface area is 112 Å². The van der Waals surface area contributed by atoms with Crippen molar-refractivity contribution in [2.24, 2.45) is 5.92 Å². The van der Waals surface area contributed by atoms with Crippen LogP contribution in [0.1, 0.15) is 30.1 Å². The molecule has 0 bridgehead atoms. The molecule has 1 aromatic rings. The second kappa shape index (κ2) is 5.28. The molecule has 1 heterocycles. The van der Waals surface area contributed by atoms with Crippen molar-refractivity contribution in [3.63, 3.8) is 0 Å². The fraction of sp³-hybridized carbons (Fsp3) is 0.462. The summed E-state index contributed by atoms with van der Waals surface area (Å²) >= 11 is 12.0. The Morgan fingerprint density at radius 2 is 2.18 bits per heavy atom. The molecule has 2 rings (SSSR count). The third-order valence-corrected chi connectivity index (χ3v) is 3.95. The van der Waals surface area contributed by atoms with Crippen molar-refractivity contribution in [3.8, 4) is 0 Å². The van der Waals surface area contributed by atoms with Crippen LogP contribution in [-0.2, 0) is 0 Å². The largest absolute Gasteiger partial charge is 0.338 e. The van der Waals surface area contributed by atoms with Gasteiger partial charge in [-0.3, -0.25) is 4.79 Å². The smallest absolute Gasteiger partial charge is 0.255 e. The molecule has 0 unspecified atom stereocenters. The summed E-state index contributed by atoms with van der Waals surface area (Å²) in [4.78, 5) is 14.2. The van der Waals surface area contributed by atoms with Crippen molar-refractivity contribution in [2.45, 2.75) is 19.8 Å². The molecule has 0 radical (unpaired) electrons. The van der Waals surface area contributed by atoms with E-state index in [0.29, 0.717) is 21.5 Å². The molecule has 0 spiro atoms. The number of carbonyl (C=O) groups excluding carboxylic acids is 1. The number of hydrogen-bond donors (Lipinski definition) is 0. The number of benzene rings is 1. The van der Waals surface area contributed by atoms with E-state index in [0.717, 1.165) is 19.5 Å². The van der Waals surface area contributed by atoms with E-state index in [2.05, 4.69) is 6.92 Å². The monoisotopic (exact) mass is 271 g/mol. The highest BCUT2D eigenvalue weighted by Gasteiger charge is 2.23. The second-order valence-electron chi connectivity index (χ2n) is 4.60. The summed E-state index contributed by atoms with van der Waals surface area (Å²) in [6.45, 7) is 3.78. The molecule has 92 valence electrons. The van der Waals surface area contributed by atoms with Crippen LogP contribution in [0.25, 0.3) is 0 Å². The van der Waals surface area contributed by atoms with Crippen LogP contribution in [-0.4, -0.2) is 23.9 Å². The molecule has 1 atom stereocenters. The summed E-state index contributed by atoms with van der Waals surface area (Å²) in [7, 11) is 0. The topological polar surface area (TPSA) is 20.3 Å². The van der Waals surface area contributed by atoms with Crippen LogP contribution >= 0.6 is 23.2 Å². The molecule has 0 N–H and O–H groups in total. The normalized spacial score (nSPS) is 20.4. The lowest BCUT2D eigenvalue weighted by atomic mass is 9.99. The maximum Gasteiger partial charge on any atom is 0.255 e. The fourth-order valence-corrected chi connectivity index (χ4v) is 2.59. The number of nitrogens with zero attached hydrogens (tertiary/aromatic N) is 1. The van der Waals surface area contributed by atoms with Gasteiger partial charge in [0, 0.05) is 13.1 Å². The standard InChI is InChI=1S/C13H15Cl2NO/c1-9-4-3-7-16(8-9)13(17)10-5-2-6-11(14)12(10)15/h2,5-6,9H,3-4,7-8H2,1H3/t9-/m0/s1. The second-order valence-corrected chi connectivity index (χ2v) is 5.39. The molecular weight excluding hydrogens is 257 g/mol. The van der Waals surface area contributed by atoms with Crippen molar-refractivity contribution >= 4 is 29.1 Å². The molecule has 0 aliphatic carbocycles. The van der Waals surface area contributed by atoms with Gasteiger partial charge in [-0.05, 0) is 30.9 Å². The van der Waals surface area contributed by atoms with Crippen molar-refractivity contribution in [1.82, 2.24) is 4.90 Å². The van der Waals surface area contributed by atoms with Gasteiger partial charge in [0.2, 0.25) is 0 Å². The van der Waals surface area contributed by atoms with Crippen molar-refractivity contribution < 1.29 is 4.79 Å². The third kappa shape index (κ3) is 2.75. The van der Waals surface area contributed by atoms with Crippen LogP contribution in [0.3, 0.4) is 0 Å². The van der Waals surface area contributed by atoms with Gasteiger partial charge in [-0.25, -0.2) is 0 Å². The molecule has 0 saturated carbocycles. The first-order valence-electron chi connectivity index (χ1n) is 5.83. The van der Waals surface area contributed by atoms with Crippen molar-refractivity contribution in [3.05, 3.63) is 33.8 Å². The van der Waals surface area contributed by atoms with E-state index in [1.54, 1.807) is 18.2 Å². The van der Waals surface area contributed by atoms with Gasteiger partial charge >= 0.3 is 0 Å². The van der Waals surface area contributed by atoms with E-state index < -0.39 is 0 Å². The predicted octanol–water partition coefficient (Wildman–Crippen LogP) is 3.87. The van der Waals surface area contributed by atoms with Crippen LogP contribution in [0.15, 0.2) is 18.2 Å². The highest BCUT2D eigenvalue weighted by molar-refractivity contribution is 6.43. The van der Waals surface area contributed by atoms with Crippen molar-refractivity contribution in [2.75, 3.05) is 13.1 Å². The molecule has 1 amide bonds. The summed E-state index contributed by atoms with van der Waals surface area (Å²) in [5, 5.41) is 0.792. The van der Waals surface area contributed by atoms with E-state index in [1.807, 2.05) is 4.90 Å². The van der Waals surface area contributed by atoms with Crippen LogP contribution in [0.4, 0.5) is 0 Å². The Hall–Kier alpha value is -0.730. The first-order valence-corrected chi connectivity index (χ1v) is 6.58. The van der Waals surface area contributed by atoms with Gasteiger partial charge in [0.1, 0.15) is 0 Å². The van der Waals surface area contributed by atoms with Gasteiger partial charge in [-0.1, -0.05) is 36.2 Å². The number of likely N-dealkylation sites (tertiary alicyclic amines) is 1. The molecule has 1 fully saturated rings. The SMILES string of the molecule is C[C@H]1CCCN(C(=O)c2cccc(Cl)c2Cl)C1. The number of hydrogen-bond acceptors (Lipinski definition) is 1. The number of halogens is 2. The summed E-state index contributed by atoms with van der Waals surface area (Å²) in [6, 6.07) is 5.18. The zero-order valence-electron chi connectivity index (χ0n) is 9.75. The summed E-state index contributed by atoms with van der Waals surface area (Å²) in [5.74, 6) is 0.551. The highest BCUT2D eigenvalue weighted by atomic mass is 35.5. The lowest BCUT2D eigenvalue weighted by Crippen LogP contribution is -2.39. The molecule has 0 aromatic heterocycles. The van der Waals surface area contributed by atoms with Gasteiger partial charge in [0.25, 0.3) is 5.91 Å².